The third-order valence-electron chi connectivity index (χ3n) is 7.79. The van der Waals surface area contributed by atoms with Crippen molar-refractivity contribution in [3.8, 4) is 0 Å². The smallest absolute Gasteiger partial charge is 0.203 e. The van der Waals surface area contributed by atoms with Crippen LogP contribution in [0.1, 0.15) is 23.2 Å². The number of fused-ring (bicyclic) bond motifs is 2. The maximum absolute atomic E-state index is 5.93. The monoisotopic (exact) mass is 924 g/mol. The van der Waals surface area contributed by atoms with Crippen LogP contribution in [-0.4, -0.2) is 63.1 Å². The Bertz CT molecular complexity index is 1810. The zero-order valence-corrected chi connectivity index (χ0v) is 36.3. The molecule has 5 aromatic rings. The highest BCUT2D eigenvalue weighted by atomic mass is 127. The second-order valence-electron chi connectivity index (χ2n) is 14.3. The fourth-order valence-corrected chi connectivity index (χ4v) is 7.42. The highest BCUT2D eigenvalue weighted by molar-refractivity contribution is 14.1. The molecule has 0 unspecified atom stereocenters. The summed E-state index contributed by atoms with van der Waals surface area (Å²) >= 11 is 4.65. The third kappa shape index (κ3) is 12.4. The van der Waals surface area contributed by atoms with Crippen molar-refractivity contribution >= 4 is 95.3 Å². The molecule has 12 heteroatoms. The Morgan fingerprint density at radius 1 is 0.673 bits per heavy atom. The standard InChI is InChI=1S/C21H25IN2OSi.C16H25IN2O3Si/c1-26(2,3)14-13-25-16-24-21-15-18(22)10-11-19(21)20(23-24)12-9-17-7-5-4-6-8-17;1-20-16(21-2)15-13-7-6-12(17)10-14(13)19(18-15)11-22-8-9-23(3,4)5/h4-12,15H,13-14,16H2,1-3H3;6-7,10,16H,8-9,11H2,1-5H3/b12-9+;. The summed E-state index contributed by atoms with van der Waals surface area (Å²) in [7, 11) is 1.09. The average Bonchev–Trinajstić information content (AvgIpc) is 3.58. The molecule has 49 heavy (non-hydrogen) atoms. The van der Waals surface area contributed by atoms with Gasteiger partial charge in [0.25, 0.3) is 0 Å². The van der Waals surface area contributed by atoms with E-state index in [1.165, 1.54) is 15.2 Å². The summed E-state index contributed by atoms with van der Waals surface area (Å²) in [6, 6.07) is 25.3. The Labute approximate surface area is 320 Å². The summed E-state index contributed by atoms with van der Waals surface area (Å²) < 4.78 is 28.8. The van der Waals surface area contributed by atoms with Gasteiger partial charge in [-0.2, -0.15) is 10.2 Å². The van der Waals surface area contributed by atoms with Gasteiger partial charge in [0.1, 0.15) is 19.2 Å². The van der Waals surface area contributed by atoms with Crippen molar-refractivity contribution in [2.45, 2.75) is 71.1 Å². The van der Waals surface area contributed by atoms with E-state index in [2.05, 4.69) is 150 Å². The van der Waals surface area contributed by atoms with E-state index < -0.39 is 22.4 Å². The van der Waals surface area contributed by atoms with Gasteiger partial charge in [-0.1, -0.05) is 75.7 Å². The molecule has 0 radical (unpaired) electrons. The van der Waals surface area contributed by atoms with Gasteiger partial charge in [0.15, 0.2) is 0 Å². The Balaban J connectivity index is 0.000000223. The van der Waals surface area contributed by atoms with Gasteiger partial charge < -0.3 is 18.9 Å². The Kier molecular flexibility index (Phi) is 15.1. The lowest BCUT2D eigenvalue weighted by Crippen LogP contribution is -2.22. The normalized spacial score (nSPS) is 12.4. The number of hydrogen-bond acceptors (Lipinski definition) is 6. The van der Waals surface area contributed by atoms with Crippen LogP contribution in [0.3, 0.4) is 0 Å². The summed E-state index contributed by atoms with van der Waals surface area (Å²) in [5.74, 6) is 0. The van der Waals surface area contributed by atoms with Gasteiger partial charge in [0.2, 0.25) is 6.29 Å². The molecular formula is C37H50I2N4O4Si2. The van der Waals surface area contributed by atoms with Crippen LogP contribution in [0.2, 0.25) is 51.4 Å². The largest absolute Gasteiger partial charge is 0.360 e. The van der Waals surface area contributed by atoms with Crippen molar-refractivity contribution in [3.63, 3.8) is 0 Å². The number of methoxy groups -OCH3 is 2. The molecule has 0 spiro atoms. The predicted molar refractivity (Wildman–Crippen MR) is 225 cm³/mol. The minimum absolute atomic E-state index is 0.446. The van der Waals surface area contributed by atoms with Gasteiger partial charge in [-0.15, -0.1) is 0 Å². The molecule has 0 atom stereocenters. The number of nitrogens with zero attached hydrogens (tertiary/aromatic N) is 4. The molecule has 5 rings (SSSR count). The molecular weight excluding hydrogens is 874 g/mol. The Hall–Kier alpha value is -1.93. The van der Waals surface area contributed by atoms with E-state index in [1.54, 1.807) is 14.2 Å². The quantitative estimate of drug-likeness (QED) is 0.0451. The lowest BCUT2D eigenvalue weighted by molar-refractivity contribution is -0.108. The lowest BCUT2D eigenvalue weighted by atomic mass is 10.1. The second-order valence-corrected chi connectivity index (χ2v) is 28.1. The SMILES string of the molecule is COC(OC)c1nn(COCC[Si](C)(C)C)c2cc(I)ccc12.C[Si](C)(C)CCOCn1nc(/C=C/c2ccccc2)c2ccc(I)cc21. The summed E-state index contributed by atoms with van der Waals surface area (Å²) in [4.78, 5) is 0. The summed E-state index contributed by atoms with van der Waals surface area (Å²) in [6.07, 6.45) is 3.72. The fraction of sp³-hybridized carbons (Fsp3) is 0.405. The topological polar surface area (TPSA) is 72.6 Å². The van der Waals surface area contributed by atoms with Gasteiger partial charge in [0.05, 0.1) is 16.7 Å². The first kappa shape index (κ1) is 39.9. The molecule has 8 nitrogen and oxygen atoms in total. The number of benzene rings is 3. The number of aromatic nitrogens is 4. The van der Waals surface area contributed by atoms with E-state index in [0.717, 1.165) is 56.0 Å². The van der Waals surface area contributed by atoms with Gasteiger partial charge in [0, 0.05) is 61.5 Å². The molecule has 0 amide bonds. The van der Waals surface area contributed by atoms with E-state index >= 15 is 0 Å². The van der Waals surface area contributed by atoms with Crippen molar-refractivity contribution in [2.75, 3.05) is 27.4 Å². The highest BCUT2D eigenvalue weighted by Crippen LogP contribution is 2.28. The van der Waals surface area contributed by atoms with Crippen LogP contribution >= 0.6 is 45.2 Å². The molecule has 0 aliphatic carbocycles. The van der Waals surface area contributed by atoms with E-state index in [4.69, 9.17) is 24.0 Å². The van der Waals surface area contributed by atoms with Crippen LogP contribution in [0.5, 0.6) is 0 Å². The number of rotatable bonds is 15. The summed E-state index contributed by atoms with van der Waals surface area (Å²) in [5.41, 5.74) is 5.10. The molecule has 0 aliphatic heterocycles. The predicted octanol–water partition coefficient (Wildman–Crippen LogP) is 10.4. The van der Waals surface area contributed by atoms with Crippen LogP contribution in [0.15, 0.2) is 66.7 Å². The third-order valence-corrected chi connectivity index (χ3v) is 12.5. The molecule has 0 saturated carbocycles. The molecule has 0 fully saturated rings. The zero-order valence-electron chi connectivity index (χ0n) is 30.0. The number of halogens is 2. The lowest BCUT2D eigenvalue weighted by Gasteiger charge is -2.15. The molecule has 264 valence electrons. The van der Waals surface area contributed by atoms with Gasteiger partial charge in [-0.3, -0.25) is 0 Å². The van der Waals surface area contributed by atoms with Crippen molar-refractivity contribution < 1.29 is 18.9 Å². The first-order chi connectivity index (χ1) is 23.3. The zero-order chi connectivity index (χ0) is 35.6. The van der Waals surface area contributed by atoms with Crippen molar-refractivity contribution in [1.82, 2.24) is 19.6 Å². The van der Waals surface area contributed by atoms with Crippen LogP contribution in [0, 0.1) is 7.14 Å². The maximum Gasteiger partial charge on any atom is 0.203 e. The molecule has 0 aliphatic rings. The second kappa shape index (κ2) is 18.5. The average molecular weight is 925 g/mol. The first-order valence-corrected chi connectivity index (χ1v) is 26.1. The molecule has 2 heterocycles. The Morgan fingerprint density at radius 3 is 1.71 bits per heavy atom. The molecule has 0 saturated heterocycles. The minimum Gasteiger partial charge on any atom is -0.360 e. The molecule has 2 aromatic heterocycles. The van der Waals surface area contributed by atoms with Crippen LogP contribution in [0.4, 0.5) is 0 Å². The maximum atomic E-state index is 5.93. The van der Waals surface area contributed by atoms with Crippen molar-refractivity contribution in [2.24, 2.45) is 0 Å². The first-order valence-electron chi connectivity index (χ1n) is 16.5. The van der Waals surface area contributed by atoms with Crippen LogP contribution < -0.4 is 0 Å². The molecule has 0 N–H and O–H groups in total. The fourth-order valence-electron chi connectivity index (χ4n) is 4.96. The van der Waals surface area contributed by atoms with E-state index in [0.29, 0.717) is 13.5 Å². The highest BCUT2D eigenvalue weighted by Gasteiger charge is 2.20. The van der Waals surface area contributed by atoms with E-state index in [9.17, 15) is 0 Å². The molecule has 3 aromatic carbocycles. The van der Waals surface area contributed by atoms with Gasteiger partial charge in [-0.05, 0) is 105 Å². The number of ether oxygens (including phenoxy) is 4. The van der Waals surface area contributed by atoms with Crippen LogP contribution in [0.25, 0.3) is 34.0 Å². The van der Waals surface area contributed by atoms with Gasteiger partial charge >= 0.3 is 0 Å². The molecule has 0 bridgehead atoms. The van der Waals surface area contributed by atoms with Gasteiger partial charge in [-0.25, -0.2) is 9.36 Å². The summed E-state index contributed by atoms with van der Waals surface area (Å²) in [6.45, 7) is 16.7. The van der Waals surface area contributed by atoms with Crippen molar-refractivity contribution in [3.05, 3.63) is 90.8 Å². The van der Waals surface area contributed by atoms with Crippen molar-refractivity contribution in [1.29, 1.82) is 0 Å². The Morgan fingerprint density at radius 2 is 1.18 bits per heavy atom. The summed E-state index contributed by atoms with van der Waals surface area (Å²) in [5, 5.41) is 11.6. The minimum atomic E-state index is -1.08. The number of hydrogen-bond donors (Lipinski definition) is 0. The van der Waals surface area contributed by atoms with Crippen LogP contribution in [-0.2, 0) is 32.4 Å². The van der Waals surface area contributed by atoms with E-state index in [-0.39, 0.29) is 0 Å². The van der Waals surface area contributed by atoms with E-state index in [1.807, 2.05) is 27.6 Å².